The van der Waals surface area contributed by atoms with E-state index in [-0.39, 0.29) is 18.2 Å². The second-order valence-electron chi connectivity index (χ2n) is 6.72. The van der Waals surface area contributed by atoms with Gasteiger partial charge in [0.05, 0.1) is 26.8 Å². The van der Waals surface area contributed by atoms with Crippen molar-refractivity contribution in [1.82, 2.24) is 9.78 Å². The highest BCUT2D eigenvalue weighted by Crippen LogP contribution is 2.35. The first kappa shape index (κ1) is 19.8. The first-order valence-electron chi connectivity index (χ1n) is 9.15. The van der Waals surface area contributed by atoms with Crippen LogP contribution < -0.4 is 20.1 Å². The number of ether oxygens (including phenoxy) is 2. The molecular formula is C21H19ClN4O4. The lowest BCUT2D eigenvalue weighted by Gasteiger charge is -2.24. The van der Waals surface area contributed by atoms with Crippen molar-refractivity contribution in [3.63, 3.8) is 0 Å². The molecule has 0 saturated heterocycles. The van der Waals surface area contributed by atoms with E-state index in [4.69, 9.17) is 21.1 Å². The first-order chi connectivity index (χ1) is 14.5. The molecule has 0 bridgehead atoms. The van der Waals surface area contributed by atoms with Crippen LogP contribution in [0.5, 0.6) is 11.5 Å². The molecule has 8 nitrogen and oxygen atoms in total. The Kier molecular flexibility index (Phi) is 5.33. The van der Waals surface area contributed by atoms with Crippen LogP contribution in [0, 0.1) is 0 Å². The molecule has 1 aliphatic heterocycles. The Morgan fingerprint density at radius 2 is 1.83 bits per heavy atom. The Morgan fingerprint density at radius 1 is 1.17 bits per heavy atom. The second-order valence-corrected chi connectivity index (χ2v) is 7.15. The number of methoxy groups -OCH3 is 2. The van der Waals surface area contributed by atoms with Crippen LogP contribution in [0.25, 0.3) is 11.1 Å². The Labute approximate surface area is 177 Å². The fourth-order valence-electron chi connectivity index (χ4n) is 3.32. The summed E-state index contributed by atoms with van der Waals surface area (Å²) in [6, 6.07) is 11.4. The topological polar surface area (TPSA) is 94.5 Å². The van der Waals surface area contributed by atoms with Crippen LogP contribution in [-0.4, -0.2) is 35.8 Å². The molecule has 1 unspecified atom stereocenters. The van der Waals surface area contributed by atoms with Crippen LogP contribution in [0.1, 0.15) is 12.5 Å². The third kappa shape index (κ3) is 3.81. The third-order valence-corrected chi connectivity index (χ3v) is 5.06. The van der Waals surface area contributed by atoms with Gasteiger partial charge in [-0.25, -0.2) is 4.68 Å². The number of anilines is 2. The number of amides is 2. The number of nitrogens with zero attached hydrogens (tertiary/aromatic N) is 2. The van der Waals surface area contributed by atoms with Crippen LogP contribution >= 0.6 is 11.6 Å². The van der Waals surface area contributed by atoms with Crippen LogP contribution in [0.4, 0.5) is 11.5 Å². The van der Waals surface area contributed by atoms with Gasteiger partial charge in [-0.05, 0) is 17.7 Å². The highest BCUT2D eigenvalue weighted by Gasteiger charge is 2.33. The number of aromatic nitrogens is 2. The molecule has 0 radical (unpaired) electrons. The summed E-state index contributed by atoms with van der Waals surface area (Å²) >= 11 is 5.96. The number of fused-ring (bicyclic) bond motifs is 1. The van der Waals surface area contributed by atoms with Crippen molar-refractivity contribution in [2.45, 2.75) is 12.5 Å². The van der Waals surface area contributed by atoms with Crippen LogP contribution in [0.3, 0.4) is 0 Å². The van der Waals surface area contributed by atoms with E-state index in [9.17, 15) is 9.59 Å². The number of hydrogen-bond acceptors (Lipinski definition) is 5. The number of hydrogen-bond donors (Lipinski definition) is 2. The molecule has 2 heterocycles. The SMILES string of the molecule is COc1cc(NC(=O)C2CC(=O)Nc3c(-c4ccc(Cl)cc4)cnn32)cc(OC)c1. The van der Waals surface area contributed by atoms with E-state index in [1.54, 1.807) is 36.5 Å². The van der Waals surface area contributed by atoms with Crippen molar-refractivity contribution >= 4 is 34.9 Å². The van der Waals surface area contributed by atoms with E-state index in [2.05, 4.69) is 15.7 Å². The van der Waals surface area contributed by atoms with E-state index >= 15 is 0 Å². The molecule has 2 amide bonds. The van der Waals surface area contributed by atoms with Crippen molar-refractivity contribution in [2.24, 2.45) is 0 Å². The highest BCUT2D eigenvalue weighted by molar-refractivity contribution is 6.30. The van der Waals surface area contributed by atoms with Crippen molar-refractivity contribution in [3.05, 3.63) is 53.7 Å². The normalized spacial score (nSPS) is 15.2. The lowest BCUT2D eigenvalue weighted by atomic mass is 10.1. The zero-order valence-electron chi connectivity index (χ0n) is 16.3. The van der Waals surface area contributed by atoms with Gasteiger partial charge in [0.15, 0.2) is 0 Å². The van der Waals surface area contributed by atoms with E-state index < -0.39 is 6.04 Å². The standard InChI is InChI=1S/C21H19ClN4O4/c1-29-15-7-14(8-16(9-15)30-2)24-21(28)18-10-19(27)25-20-17(11-23-26(18)20)12-3-5-13(22)6-4-12/h3-9,11,18H,10H2,1-2H3,(H,24,28)(H,25,27). The van der Waals surface area contributed by atoms with Gasteiger partial charge in [-0.15, -0.1) is 0 Å². The molecule has 1 aliphatic rings. The summed E-state index contributed by atoms with van der Waals surface area (Å²) in [5.74, 6) is 0.914. The summed E-state index contributed by atoms with van der Waals surface area (Å²) in [5.41, 5.74) is 2.04. The minimum absolute atomic E-state index is 0.0261. The van der Waals surface area contributed by atoms with Gasteiger partial charge in [-0.2, -0.15) is 5.10 Å². The Hall–Kier alpha value is -3.52. The fourth-order valence-corrected chi connectivity index (χ4v) is 3.44. The number of carbonyl (C=O) groups is 2. The summed E-state index contributed by atoms with van der Waals surface area (Å²) in [4.78, 5) is 25.4. The van der Waals surface area contributed by atoms with Gasteiger partial charge >= 0.3 is 0 Å². The molecule has 4 rings (SSSR count). The molecule has 2 N–H and O–H groups in total. The Morgan fingerprint density at radius 3 is 2.47 bits per heavy atom. The maximum Gasteiger partial charge on any atom is 0.249 e. The van der Waals surface area contributed by atoms with Gasteiger partial charge in [0, 0.05) is 34.5 Å². The van der Waals surface area contributed by atoms with Crippen molar-refractivity contribution in [1.29, 1.82) is 0 Å². The molecule has 0 aliphatic carbocycles. The van der Waals surface area contributed by atoms with Crippen LogP contribution in [0.2, 0.25) is 5.02 Å². The molecule has 1 atom stereocenters. The molecule has 0 spiro atoms. The van der Waals surface area contributed by atoms with Gasteiger partial charge in [-0.1, -0.05) is 23.7 Å². The molecule has 0 saturated carbocycles. The number of halogens is 1. The number of rotatable bonds is 5. The molecule has 9 heteroatoms. The maximum atomic E-state index is 13.0. The van der Waals surface area contributed by atoms with Crippen molar-refractivity contribution in [3.8, 4) is 22.6 Å². The van der Waals surface area contributed by atoms with Gasteiger partial charge in [0.2, 0.25) is 11.8 Å². The van der Waals surface area contributed by atoms with E-state index in [0.717, 1.165) is 5.56 Å². The third-order valence-electron chi connectivity index (χ3n) is 4.80. The first-order valence-corrected chi connectivity index (χ1v) is 9.53. The minimum atomic E-state index is -0.799. The van der Waals surface area contributed by atoms with Crippen molar-refractivity contribution < 1.29 is 19.1 Å². The van der Waals surface area contributed by atoms with Crippen molar-refractivity contribution in [2.75, 3.05) is 24.9 Å². The maximum absolute atomic E-state index is 13.0. The quantitative estimate of drug-likeness (QED) is 0.648. The van der Waals surface area contributed by atoms with Gasteiger partial charge in [0.1, 0.15) is 23.4 Å². The molecule has 3 aromatic rings. The molecule has 154 valence electrons. The molecule has 1 aromatic heterocycles. The van der Waals surface area contributed by atoms with Crippen LogP contribution in [0.15, 0.2) is 48.7 Å². The minimum Gasteiger partial charge on any atom is -0.497 e. The highest BCUT2D eigenvalue weighted by atomic mass is 35.5. The zero-order chi connectivity index (χ0) is 21.3. The monoisotopic (exact) mass is 426 g/mol. The smallest absolute Gasteiger partial charge is 0.249 e. The van der Waals surface area contributed by atoms with E-state index in [1.165, 1.54) is 18.9 Å². The average molecular weight is 427 g/mol. The summed E-state index contributed by atoms with van der Waals surface area (Å²) < 4.78 is 12.0. The zero-order valence-corrected chi connectivity index (χ0v) is 17.1. The number of nitrogens with one attached hydrogen (secondary N) is 2. The molecule has 0 fully saturated rings. The molecular weight excluding hydrogens is 408 g/mol. The summed E-state index contributed by atoms with van der Waals surface area (Å²) in [5, 5.41) is 10.6. The lowest BCUT2D eigenvalue weighted by molar-refractivity contribution is -0.125. The number of carbonyl (C=O) groups excluding carboxylic acids is 2. The summed E-state index contributed by atoms with van der Waals surface area (Å²) in [6.07, 6.45) is 1.60. The van der Waals surface area contributed by atoms with E-state index in [0.29, 0.717) is 33.6 Å². The van der Waals surface area contributed by atoms with Gasteiger partial charge in [-0.3, -0.25) is 9.59 Å². The number of benzene rings is 2. The summed E-state index contributed by atoms with van der Waals surface area (Å²) in [7, 11) is 3.06. The Balaban J connectivity index is 1.64. The van der Waals surface area contributed by atoms with Crippen LogP contribution in [-0.2, 0) is 9.59 Å². The Bertz CT molecular complexity index is 1090. The second kappa shape index (κ2) is 8.08. The average Bonchev–Trinajstić information content (AvgIpc) is 3.16. The fraction of sp³-hybridized carbons (Fsp3) is 0.190. The lowest BCUT2D eigenvalue weighted by Crippen LogP contribution is -2.35. The van der Waals surface area contributed by atoms with Gasteiger partial charge in [0.25, 0.3) is 0 Å². The summed E-state index contributed by atoms with van der Waals surface area (Å²) in [6.45, 7) is 0. The van der Waals surface area contributed by atoms with Gasteiger partial charge < -0.3 is 20.1 Å². The molecule has 2 aromatic carbocycles. The largest absolute Gasteiger partial charge is 0.497 e. The predicted molar refractivity (Wildman–Crippen MR) is 113 cm³/mol. The molecule has 30 heavy (non-hydrogen) atoms. The predicted octanol–water partition coefficient (Wildman–Crippen LogP) is 3.74. The van der Waals surface area contributed by atoms with E-state index in [1.807, 2.05) is 12.1 Å².